The van der Waals surface area contributed by atoms with E-state index in [1.165, 1.54) is 6.07 Å². The Morgan fingerprint density at radius 2 is 2.07 bits per heavy atom. The number of amides is 3. The van der Waals surface area contributed by atoms with Crippen molar-refractivity contribution in [2.75, 3.05) is 13.3 Å². The number of nitro groups is 1. The molecule has 2 atom stereocenters. The molecule has 0 unspecified atom stereocenters. The third kappa shape index (κ3) is 5.18. The number of hydrogen-bond donors (Lipinski definition) is 3. The Kier molecular flexibility index (Phi) is 6.08. The van der Waals surface area contributed by atoms with E-state index in [1.54, 1.807) is 6.92 Å². The summed E-state index contributed by atoms with van der Waals surface area (Å²) < 4.78 is 19.5. The lowest BCUT2D eigenvalue weighted by Gasteiger charge is -2.09. The fourth-order valence-electron chi connectivity index (χ4n) is 1.92. The molecule has 3 amide bonds. The molecule has 0 aliphatic carbocycles. The molecule has 2 fully saturated rings. The van der Waals surface area contributed by atoms with Crippen LogP contribution in [0, 0.1) is 10.1 Å². The maximum Gasteiger partial charge on any atom is 0.433 e. The van der Waals surface area contributed by atoms with Gasteiger partial charge < -0.3 is 24.0 Å². The molecule has 3 rings (SSSR count). The molecule has 0 saturated carbocycles. The zero-order valence-electron chi connectivity index (χ0n) is 13.7. The minimum absolute atomic E-state index is 0.0643. The first-order valence-electron chi connectivity index (χ1n) is 7.26. The van der Waals surface area contributed by atoms with Gasteiger partial charge in [0.2, 0.25) is 0 Å². The standard InChI is InChI=1S/C9H8N4O6.C3H7O4P/c14-5-11-7(15)4-12(9(11)16)10-3-6-1-2-8(19-6)13(17)18;1-2-3(7-2)8(4,5)6/h1-3,14H,4-5H2;2-3H,1H3,(H2,4,5,6)/t;2-,3+/m.0/s1. The second-order valence-electron chi connectivity index (χ2n) is 5.30. The second-order valence-corrected chi connectivity index (χ2v) is 6.99. The van der Waals surface area contributed by atoms with E-state index in [0.29, 0.717) is 4.90 Å². The van der Waals surface area contributed by atoms with Gasteiger partial charge in [-0.2, -0.15) is 5.10 Å². The van der Waals surface area contributed by atoms with Crippen LogP contribution in [0.5, 0.6) is 0 Å². The molecule has 0 spiro atoms. The largest absolute Gasteiger partial charge is 0.433 e. The zero-order valence-corrected chi connectivity index (χ0v) is 14.6. The summed E-state index contributed by atoms with van der Waals surface area (Å²) in [5.41, 5.74) is 0. The Labute approximate surface area is 150 Å². The Hall–Kier alpha value is -2.64. The number of rotatable bonds is 5. The minimum Gasteiger partial charge on any atom is -0.400 e. The number of nitrogens with zero attached hydrogens (tertiary/aromatic N) is 4. The highest BCUT2D eigenvalue weighted by Gasteiger charge is 2.48. The van der Waals surface area contributed by atoms with E-state index >= 15 is 0 Å². The van der Waals surface area contributed by atoms with Crippen LogP contribution in [0.15, 0.2) is 21.7 Å². The molecule has 0 radical (unpaired) electrons. The maximum atomic E-state index is 11.5. The summed E-state index contributed by atoms with van der Waals surface area (Å²) in [6.07, 6.45) is 0.815. The lowest BCUT2D eigenvalue weighted by molar-refractivity contribution is -0.402. The van der Waals surface area contributed by atoms with Gasteiger partial charge in [-0.3, -0.25) is 19.5 Å². The topological polar surface area (TPSA) is 200 Å². The van der Waals surface area contributed by atoms with Crippen LogP contribution in [-0.2, 0) is 14.1 Å². The number of carbonyl (C=O) groups is 2. The number of ether oxygens (including phenoxy) is 1. The number of furan rings is 1. The van der Waals surface area contributed by atoms with Gasteiger partial charge in [-0.25, -0.2) is 14.7 Å². The molecule has 3 N–H and O–H groups in total. The van der Waals surface area contributed by atoms with Crippen molar-refractivity contribution in [3.63, 3.8) is 0 Å². The summed E-state index contributed by atoms with van der Waals surface area (Å²) in [5.74, 6) is -1.80. The normalized spacial score (nSPS) is 22.2. The molecule has 15 heteroatoms. The van der Waals surface area contributed by atoms with E-state index in [1.807, 2.05) is 0 Å². The molecule has 0 bridgehead atoms. The van der Waals surface area contributed by atoms with Crippen LogP contribution in [0.4, 0.5) is 10.7 Å². The predicted molar refractivity (Wildman–Crippen MR) is 85.4 cm³/mol. The monoisotopic (exact) mass is 406 g/mol. The van der Waals surface area contributed by atoms with Crippen LogP contribution in [0.3, 0.4) is 0 Å². The maximum absolute atomic E-state index is 11.5. The van der Waals surface area contributed by atoms with E-state index in [0.717, 1.165) is 17.3 Å². The molecule has 0 aromatic carbocycles. The van der Waals surface area contributed by atoms with Crippen molar-refractivity contribution >= 4 is 31.6 Å². The highest BCUT2D eigenvalue weighted by molar-refractivity contribution is 7.52. The second kappa shape index (κ2) is 7.94. The molecule has 1 aromatic rings. The summed E-state index contributed by atoms with van der Waals surface area (Å²) >= 11 is 0. The lowest BCUT2D eigenvalue weighted by Crippen LogP contribution is -2.32. The number of epoxide rings is 1. The van der Waals surface area contributed by atoms with Crippen LogP contribution >= 0.6 is 7.60 Å². The number of hydrazone groups is 1. The molecule has 27 heavy (non-hydrogen) atoms. The van der Waals surface area contributed by atoms with Crippen molar-refractivity contribution in [3.8, 4) is 0 Å². The summed E-state index contributed by atoms with van der Waals surface area (Å²) in [4.78, 5) is 49.7. The van der Waals surface area contributed by atoms with Crippen LogP contribution in [-0.4, -0.2) is 73.1 Å². The van der Waals surface area contributed by atoms with E-state index in [4.69, 9.17) is 19.3 Å². The van der Waals surface area contributed by atoms with Crippen molar-refractivity contribution in [1.29, 1.82) is 0 Å². The number of imide groups is 1. The first-order valence-corrected chi connectivity index (χ1v) is 8.94. The van der Waals surface area contributed by atoms with Crippen LogP contribution < -0.4 is 0 Å². The minimum atomic E-state index is -3.90. The van der Waals surface area contributed by atoms with Gasteiger partial charge >= 0.3 is 19.5 Å². The molecule has 2 aliphatic heterocycles. The Morgan fingerprint density at radius 1 is 1.44 bits per heavy atom. The summed E-state index contributed by atoms with van der Waals surface area (Å²) in [5, 5.41) is 23.6. The molecule has 148 valence electrons. The van der Waals surface area contributed by atoms with Crippen molar-refractivity contribution in [3.05, 3.63) is 28.0 Å². The third-order valence-electron chi connectivity index (χ3n) is 3.31. The van der Waals surface area contributed by atoms with Crippen molar-refractivity contribution in [2.24, 2.45) is 5.10 Å². The third-order valence-corrected chi connectivity index (χ3v) is 4.51. The highest BCUT2D eigenvalue weighted by atomic mass is 31.2. The fraction of sp³-hybridized carbons (Fsp3) is 0.417. The van der Waals surface area contributed by atoms with Gasteiger partial charge in [0.05, 0.1) is 18.4 Å². The van der Waals surface area contributed by atoms with Gasteiger partial charge in [0, 0.05) is 0 Å². The SMILES string of the molecule is C[C@@H]1O[C@@H]1P(=O)(O)O.O=C1CN(N=Cc2ccc([N+](=O)[O-])o2)C(=O)N1CO. The van der Waals surface area contributed by atoms with Gasteiger partial charge in [0.25, 0.3) is 5.91 Å². The van der Waals surface area contributed by atoms with Crippen LogP contribution in [0.2, 0.25) is 0 Å². The molecule has 2 saturated heterocycles. The summed E-state index contributed by atoms with van der Waals surface area (Å²) in [6, 6.07) is 1.66. The van der Waals surface area contributed by atoms with E-state index < -0.39 is 42.9 Å². The quantitative estimate of drug-likeness (QED) is 0.145. The van der Waals surface area contributed by atoms with Crippen LogP contribution in [0.1, 0.15) is 12.7 Å². The van der Waals surface area contributed by atoms with Gasteiger partial charge in [0.15, 0.2) is 11.6 Å². The fourth-order valence-corrected chi connectivity index (χ4v) is 2.82. The first kappa shape index (κ1) is 20.7. The number of urea groups is 1. The smallest absolute Gasteiger partial charge is 0.400 e. The molecular weight excluding hydrogens is 391 g/mol. The van der Waals surface area contributed by atoms with Crippen molar-refractivity contribution in [2.45, 2.75) is 18.9 Å². The van der Waals surface area contributed by atoms with E-state index in [-0.39, 0.29) is 18.4 Å². The lowest BCUT2D eigenvalue weighted by atomic mass is 10.5. The van der Waals surface area contributed by atoms with E-state index in [9.17, 15) is 24.3 Å². The average Bonchev–Trinajstić information content (AvgIpc) is 3.04. The number of hydrogen-bond acceptors (Lipinski definition) is 9. The van der Waals surface area contributed by atoms with Gasteiger partial charge in [0.1, 0.15) is 18.2 Å². The molecule has 2 aliphatic rings. The number of carbonyl (C=O) groups excluding carboxylic acids is 2. The van der Waals surface area contributed by atoms with Gasteiger partial charge in [-0.1, -0.05) is 0 Å². The average molecular weight is 406 g/mol. The Morgan fingerprint density at radius 3 is 2.44 bits per heavy atom. The van der Waals surface area contributed by atoms with Gasteiger partial charge in [-0.05, 0) is 13.0 Å². The highest BCUT2D eigenvalue weighted by Crippen LogP contribution is 2.52. The summed E-state index contributed by atoms with van der Waals surface area (Å²) in [7, 11) is -3.90. The van der Waals surface area contributed by atoms with Gasteiger partial charge in [-0.15, -0.1) is 0 Å². The first-order chi connectivity index (χ1) is 12.5. The molecule has 3 heterocycles. The zero-order chi connectivity index (χ0) is 20.4. The molecule has 14 nitrogen and oxygen atoms in total. The Bertz CT molecular complexity index is 817. The van der Waals surface area contributed by atoms with E-state index in [2.05, 4.69) is 9.84 Å². The van der Waals surface area contributed by atoms with Crippen LogP contribution in [0.25, 0.3) is 0 Å². The van der Waals surface area contributed by atoms with Crippen molar-refractivity contribution < 1.29 is 43.1 Å². The Balaban J connectivity index is 0.000000273. The molecule has 1 aromatic heterocycles. The predicted octanol–water partition coefficient (Wildman–Crippen LogP) is -0.355. The summed E-state index contributed by atoms with van der Waals surface area (Å²) in [6.45, 7) is 0.596. The van der Waals surface area contributed by atoms with Crippen molar-refractivity contribution in [1.82, 2.24) is 9.91 Å². The number of aliphatic hydroxyl groups is 1. The molecular formula is C12H15N4O10P. The number of aliphatic hydroxyl groups excluding tert-OH is 1.